The average Bonchev–Trinajstić information content (AvgIpc) is 2.86. The number of nitrogens with zero attached hydrogens (tertiary/aromatic N) is 1. The van der Waals surface area contributed by atoms with E-state index in [-0.39, 0.29) is 24.3 Å². The molecule has 1 saturated heterocycles. The molecule has 0 aliphatic carbocycles. The van der Waals surface area contributed by atoms with Gasteiger partial charge in [-0.15, -0.1) is 0 Å². The van der Waals surface area contributed by atoms with Crippen LogP contribution in [0.25, 0.3) is 0 Å². The Balaban J connectivity index is 1.24. The molecule has 0 bridgehead atoms. The van der Waals surface area contributed by atoms with Crippen molar-refractivity contribution in [3.63, 3.8) is 0 Å². The summed E-state index contributed by atoms with van der Waals surface area (Å²) in [5, 5.41) is 36.0. The zero-order valence-corrected chi connectivity index (χ0v) is 19.0. The number of aromatic hydroxyl groups is 1. The molecular weight excluding hydrogens is 430 g/mol. The van der Waals surface area contributed by atoms with E-state index in [4.69, 9.17) is 0 Å². The van der Waals surface area contributed by atoms with Crippen LogP contribution in [0.15, 0.2) is 72.8 Å². The van der Waals surface area contributed by atoms with Gasteiger partial charge in [-0.2, -0.15) is 0 Å². The smallest absolute Gasteiger partial charge is 0.238 e. The SMILES string of the molecule is O=C(CN1CCC(Nc2ccc(O)cc2CO)CC1)Nc1ccc(C(O)c2ccccc2)cc1. The predicted molar refractivity (Wildman–Crippen MR) is 133 cm³/mol. The molecule has 5 N–H and O–H groups in total. The van der Waals surface area contributed by atoms with E-state index >= 15 is 0 Å². The minimum Gasteiger partial charge on any atom is -0.508 e. The van der Waals surface area contributed by atoms with Crippen LogP contribution < -0.4 is 10.6 Å². The van der Waals surface area contributed by atoms with Gasteiger partial charge in [0.05, 0.1) is 13.2 Å². The Morgan fingerprint density at radius 1 is 0.971 bits per heavy atom. The number of aliphatic hydroxyl groups is 2. The van der Waals surface area contributed by atoms with E-state index in [2.05, 4.69) is 15.5 Å². The van der Waals surface area contributed by atoms with E-state index in [1.807, 2.05) is 54.6 Å². The maximum absolute atomic E-state index is 12.5. The van der Waals surface area contributed by atoms with Gasteiger partial charge in [0, 0.05) is 36.1 Å². The Labute approximate surface area is 199 Å². The summed E-state index contributed by atoms with van der Waals surface area (Å²) in [6.45, 7) is 1.77. The van der Waals surface area contributed by atoms with Crippen LogP contribution in [0.5, 0.6) is 5.75 Å². The van der Waals surface area contributed by atoms with Crippen LogP contribution in [0.1, 0.15) is 35.6 Å². The summed E-state index contributed by atoms with van der Waals surface area (Å²) < 4.78 is 0. The molecule has 34 heavy (non-hydrogen) atoms. The fourth-order valence-electron chi connectivity index (χ4n) is 4.29. The van der Waals surface area contributed by atoms with Crippen LogP contribution in [-0.2, 0) is 11.4 Å². The molecule has 1 fully saturated rings. The average molecular weight is 462 g/mol. The van der Waals surface area contributed by atoms with Crippen LogP contribution in [0.3, 0.4) is 0 Å². The predicted octanol–water partition coefficient (Wildman–Crippen LogP) is 3.48. The number of piperidine rings is 1. The molecule has 3 aromatic carbocycles. The molecule has 1 amide bonds. The van der Waals surface area contributed by atoms with Crippen molar-refractivity contribution in [3.8, 4) is 5.75 Å². The third kappa shape index (κ3) is 6.14. The molecule has 3 aromatic rings. The quantitative estimate of drug-likeness (QED) is 0.329. The van der Waals surface area contributed by atoms with Crippen molar-refractivity contribution in [2.24, 2.45) is 0 Å². The fourth-order valence-corrected chi connectivity index (χ4v) is 4.29. The second-order valence-corrected chi connectivity index (χ2v) is 8.68. The van der Waals surface area contributed by atoms with Gasteiger partial charge in [-0.05, 0) is 54.3 Å². The number of hydrogen-bond donors (Lipinski definition) is 5. The highest BCUT2D eigenvalue weighted by Gasteiger charge is 2.21. The van der Waals surface area contributed by atoms with Crippen LogP contribution in [-0.4, -0.2) is 51.8 Å². The fraction of sp³-hybridized carbons (Fsp3) is 0.296. The van der Waals surface area contributed by atoms with Gasteiger partial charge in [0.25, 0.3) is 0 Å². The Kier molecular flexibility index (Phi) is 7.80. The number of rotatable bonds is 8. The summed E-state index contributed by atoms with van der Waals surface area (Å²) >= 11 is 0. The van der Waals surface area contributed by atoms with E-state index in [1.54, 1.807) is 18.2 Å². The number of carbonyl (C=O) groups excluding carboxylic acids is 1. The molecule has 7 nitrogen and oxygen atoms in total. The normalized spacial score (nSPS) is 15.6. The number of anilines is 2. The largest absolute Gasteiger partial charge is 0.508 e. The topological polar surface area (TPSA) is 105 Å². The van der Waals surface area contributed by atoms with Crippen molar-refractivity contribution in [1.29, 1.82) is 0 Å². The first-order valence-corrected chi connectivity index (χ1v) is 11.6. The molecule has 0 spiro atoms. The van der Waals surface area contributed by atoms with Crippen LogP contribution in [0.2, 0.25) is 0 Å². The molecule has 1 atom stereocenters. The Bertz CT molecular complexity index is 1080. The van der Waals surface area contributed by atoms with Crippen LogP contribution in [0.4, 0.5) is 11.4 Å². The van der Waals surface area contributed by atoms with E-state index in [0.29, 0.717) is 17.8 Å². The lowest BCUT2D eigenvalue weighted by atomic mass is 10.0. The zero-order chi connectivity index (χ0) is 23.9. The van der Waals surface area contributed by atoms with Gasteiger partial charge in [0.2, 0.25) is 5.91 Å². The highest BCUT2D eigenvalue weighted by molar-refractivity contribution is 5.92. The molecule has 1 aliphatic rings. The summed E-state index contributed by atoms with van der Waals surface area (Å²) in [6, 6.07) is 22.0. The Morgan fingerprint density at radius 2 is 1.65 bits per heavy atom. The van der Waals surface area contributed by atoms with Gasteiger partial charge < -0.3 is 26.0 Å². The van der Waals surface area contributed by atoms with Crippen molar-refractivity contribution in [1.82, 2.24) is 4.90 Å². The van der Waals surface area contributed by atoms with Crippen molar-refractivity contribution < 1.29 is 20.1 Å². The summed E-state index contributed by atoms with van der Waals surface area (Å²) in [5.41, 5.74) is 3.81. The molecule has 178 valence electrons. The molecule has 0 radical (unpaired) electrons. The number of aliphatic hydroxyl groups excluding tert-OH is 2. The zero-order valence-electron chi connectivity index (χ0n) is 19.0. The van der Waals surface area contributed by atoms with Crippen molar-refractivity contribution in [2.45, 2.75) is 31.6 Å². The summed E-state index contributed by atoms with van der Waals surface area (Å²) in [6.07, 6.45) is 1.06. The third-order valence-corrected chi connectivity index (χ3v) is 6.20. The van der Waals surface area contributed by atoms with Gasteiger partial charge in [-0.25, -0.2) is 0 Å². The Morgan fingerprint density at radius 3 is 2.32 bits per heavy atom. The lowest BCUT2D eigenvalue weighted by Crippen LogP contribution is -2.42. The highest BCUT2D eigenvalue weighted by Crippen LogP contribution is 2.25. The van der Waals surface area contributed by atoms with Gasteiger partial charge in [-0.3, -0.25) is 9.69 Å². The minimum absolute atomic E-state index is 0.0659. The monoisotopic (exact) mass is 461 g/mol. The van der Waals surface area contributed by atoms with Crippen molar-refractivity contribution >= 4 is 17.3 Å². The number of hydrogen-bond acceptors (Lipinski definition) is 6. The molecule has 1 unspecified atom stereocenters. The first-order valence-electron chi connectivity index (χ1n) is 11.6. The summed E-state index contributed by atoms with van der Waals surface area (Å²) in [4.78, 5) is 14.7. The van der Waals surface area contributed by atoms with Crippen LogP contribution >= 0.6 is 0 Å². The second kappa shape index (κ2) is 11.2. The first kappa shape index (κ1) is 23.8. The molecule has 0 aromatic heterocycles. The lowest BCUT2D eigenvalue weighted by Gasteiger charge is -2.32. The second-order valence-electron chi connectivity index (χ2n) is 8.68. The maximum Gasteiger partial charge on any atom is 0.238 e. The molecule has 0 saturated carbocycles. The van der Waals surface area contributed by atoms with Gasteiger partial charge >= 0.3 is 0 Å². The number of likely N-dealkylation sites (tertiary alicyclic amines) is 1. The molecule has 7 heteroatoms. The highest BCUT2D eigenvalue weighted by atomic mass is 16.3. The Hall–Kier alpha value is -3.39. The lowest BCUT2D eigenvalue weighted by molar-refractivity contribution is -0.117. The number of amides is 1. The number of phenolic OH excluding ortho intramolecular Hbond substituents is 1. The van der Waals surface area contributed by atoms with Gasteiger partial charge in [0.1, 0.15) is 11.9 Å². The molecule has 4 rings (SSSR count). The standard InChI is InChI=1S/C27H31N3O4/c31-18-21-16-24(32)10-11-25(21)28-23-12-14-30(15-13-23)17-26(33)29-22-8-6-20(7-9-22)27(34)19-4-2-1-3-5-19/h1-11,16,23,27-28,31-32,34H,12-15,17-18H2,(H,29,33). The summed E-state index contributed by atoms with van der Waals surface area (Å²) in [5.74, 6) is 0.0707. The first-order chi connectivity index (χ1) is 16.5. The molecule has 1 aliphatic heterocycles. The number of carbonyl (C=O) groups is 1. The van der Waals surface area contributed by atoms with E-state index in [0.717, 1.165) is 42.7 Å². The van der Waals surface area contributed by atoms with Crippen LogP contribution in [0, 0.1) is 0 Å². The number of benzene rings is 3. The van der Waals surface area contributed by atoms with E-state index in [1.165, 1.54) is 0 Å². The number of nitrogens with one attached hydrogen (secondary N) is 2. The number of phenols is 1. The minimum atomic E-state index is -0.698. The van der Waals surface area contributed by atoms with Crippen molar-refractivity contribution in [2.75, 3.05) is 30.3 Å². The molecular formula is C27H31N3O4. The van der Waals surface area contributed by atoms with Gasteiger partial charge in [0.15, 0.2) is 0 Å². The van der Waals surface area contributed by atoms with E-state index < -0.39 is 6.10 Å². The summed E-state index contributed by atoms with van der Waals surface area (Å²) in [7, 11) is 0. The van der Waals surface area contributed by atoms with E-state index in [9.17, 15) is 20.1 Å². The van der Waals surface area contributed by atoms with Crippen molar-refractivity contribution in [3.05, 3.63) is 89.5 Å². The van der Waals surface area contributed by atoms with Gasteiger partial charge in [-0.1, -0.05) is 42.5 Å². The maximum atomic E-state index is 12.5. The third-order valence-electron chi connectivity index (χ3n) is 6.20. The molecule has 1 heterocycles.